The van der Waals surface area contributed by atoms with Crippen LogP contribution in [0.3, 0.4) is 0 Å². The first-order chi connectivity index (χ1) is 20.1. The van der Waals surface area contributed by atoms with E-state index in [-0.39, 0.29) is 18.2 Å². The number of aromatic nitrogens is 5. The fourth-order valence-corrected chi connectivity index (χ4v) is 6.85. The van der Waals surface area contributed by atoms with Crippen molar-refractivity contribution >= 4 is 33.8 Å². The van der Waals surface area contributed by atoms with E-state index < -0.39 is 5.60 Å². The minimum absolute atomic E-state index is 0.119. The second kappa shape index (κ2) is 10.9. The monoisotopic (exact) mass is 585 g/mol. The van der Waals surface area contributed by atoms with Crippen molar-refractivity contribution in [2.75, 3.05) is 23.3 Å². The van der Waals surface area contributed by atoms with Crippen LogP contribution >= 0.6 is 11.3 Å². The Morgan fingerprint density at radius 2 is 1.90 bits per heavy atom. The number of fused-ring (bicyclic) bond motifs is 3. The Kier molecular flexibility index (Phi) is 7.22. The molecule has 1 aliphatic carbocycles. The molecule has 1 saturated heterocycles. The number of amides is 1. The van der Waals surface area contributed by atoms with E-state index in [2.05, 4.69) is 50.7 Å². The number of rotatable bonds is 6. The Bertz CT molecular complexity index is 1650. The van der Waals surface area contributed by atoms with Gasteiger partial charge in [0.1, 0.15) is 11.7 Å². The summed E-state index contributed by atoms with van der Waals surface area (Å²) in [7, 11) is 0. The molecular formula is C30H35N9O2S. The number of anilines is 2. The van der Waals surface area contributed by atoms with Crippen molar-refractivity contribution in [1.82, 2.24) is 30.1 Å². The van der Waals surface area contributed by atoms with E-state index in [1.54, 1.807) is 22.0 Å². The van der Waals surface area contributed by atoms with Gasteiger partial charge in [-0.3, -0.25) is 4.98 Å². The molecule has 1 amide bonds. The highest BCUT2D eigenvalue weighted by Crippen LogP contribution is 2.41. The fourth-order valence-electron chi connectivity index (χ4n) is 5.96. The molecule has 3 atom stereocenters. The number of hydrogen-bond acceptors (Lipinski definition) is 10. The lowest BCUT2D eigenvalue weighted by molar-refractivity contribution is 0.0472. The first-order valence-corrected chi connectivity index (χ1v) is 15.1. The third kappa shape index (κ3) is 5.61. The molecule has 0 spiro atoms. The molecule has 42 heavy (non-hydrogen) atoms. The molecular weight excluding hydrogens is 550 g/mol. The van der Waals surface area contributed by atoms with Crippen LogP contribution in [0.25, 0.3) is 27.5 Å². The summed E-state index contributed by atoms with van der Waals surface area (Å²) in [5.41, 5.74) is 4.24. The zero-order valence-electron chi connectivity index (χ0n) is 24.5. The van der Waals surface area contributed by atoms with E-state index in [1.807, 2.05) is 51.2 Å². The van der Waals surface area contributed by atoms with Gasteiger partial charge in [0.05, 0.1) is 34.2 Å². The van der Waals surface area contributed by atoms with Gasteiger partial charge in [-0.25, -0.2) is 9.31 Å². The zero-order valence-corrected chi connectivity index (χ0v) is 25.3. The topological polar surface area (TPSA) is 133 Å². The highest BCUT2D eigenvalue weighted by molar-refractivity contribution is 7.18. The third-order valence-corrected chi connectivity index (χ3v) is 8.69. The summed E-state index contributed by atoms with van der Waals surface area (Å²) in [6.07, 6.45) is 5.20. The van der Waals surface area contributed by atoms with Gasteiger partial charge in [-0.05, 0) is 83.6 Å². The SMILES string of the molecule is CC(C)Nc1cc(-c2ccc3cc(C#N)cnn23)ncc1-c1nnc(N2C[C@H]3CC[C@@H](C2)C3NC(=O)OC(C)(C)C)s1. The largest absolute Gasteiger partial charge is 0.444 e. The molecule has 2 fully saturated rings. The lowest BCUT2D eigenvalue weighted by atomic mass is 9.92. The van der Waals surface area contributed by atoms with Crippen molar-refractivity contribution in [2.24, 2.45) is 11.8 Å². The fraction of sp³-hybridized carbons (Fsp3) is 0.467. The van der Waals surface area contributed by atoms with Crippen LogP contribution in [-0.2, 0) is 4.74 Å². The van der Waals surface area contributed by atoms with Crippen LogP contribution in [0.1, 0.15) is 53.0 Å². The maximum Gasteiger partial charge on any atom is 0.407 e. The van der Waals surface area contributed by atoms with E-state index in [0.29, 0.717) is 17.4 Å². The molecule has 2 N–H and O–H groups in total. The first-order valence-electron chi connectivity index (χ1n) is 14.3. The van der Waals surface area contributed by atoms with Crippen molar-refractivity contribution in [2.45, 2.75) is 65.1 Å². The van der Waals surface area contributed by atoms with Gasteiger partial charge in [0.15, 0.2) is 5.01 Å². The van der Waals surface area contributed by atoms with Gasteiger partial charge >= 0.3 is 6.09 Å². The average Bonchev–Trinajstić information content (AvgIpc) is 3.63. The average molecular weight is 586 g/mol. The molecule has 2 bridgehead atoms. The van der Waals surface area contributed by atoms with Crippen LogP contribution in [0.2, 0.25) is 0 Å². The van der Waals surface area contributed by atoms with Gasteiger partial charge in [-0.2, -0.15) is 10.4 Å². The lowest BCUT2D eigenvalue weighted by Crippen LogP contribution is -2.53. The Hall–Kier alpha value is -4.24. The maximum absolute atomic E-state index is 12.5. The number of nitrogens with zero attached hydrogens (tertiary/aromatic N) is 7. The number of carbonyl (C=O) groups excluding carboxylic acids is 1. The van der Waals surface area contributed by atoms with E-state index in [4.69, 9.17) is 9.72 Å². The summed E-state index contributed by atoms with van der Waals surface area (Å²) in [5.74, 6) is 0.690. The van der Waals surface area contributed by atoms with E-state index >= 15 is 0 Å². The highest BCUT2D eigenvalue weighted by Gasteiger charge is 2.44. The van der Waals surface area contributed by atoms with E-state index in [9.17, 15) is 10.1 Å². The Morgan fingerprint density at radius 3 is 2.60 bits per heavy atom. The van der Waals surface area contributed by atoms with E-state index in [0.717, 1.165) is 64.2 Å². The molecule has 1 unspecified atom stereocenters. The van der Waals surface area contributed by atoms with Gasteiger partial charge in [0.25, 0.3) is 0 Å². The van der Waals surface area contributed by atoms with Crippen LogP contribution in [0.5, 0.6) is 0 Å². The van der Waals surface area contributed by atoms with Crippen molar-refractivity contribution in [3.05, 3.63) is 42.2 Å². The Balaban J connectivity index is 1.23. The second-order valence-corrected chi connectivity index (χ2v) is 13.3. The second-order valence-electron chi connectivity index (χ2n) is 12.4. The number of hydrogen-bond donors (Lipinski definition) is 2. The highest BCUT2D eigenvalue weighted by atomic mass is 32.1. The summed E-state index contributed by atoms with van der Waals surface area (Å²) in [5, 5.41) is 31.2. The standard InChI is InChI=1S/C30H35N9O2S/c1-17(2)34-23-11-24(25-9-8-21-10-18(12-31)13-33-39(21)25)32-14-22(23)27-36-37-28(42-27)38-15-19-6-7-20(16-38)26(19)35-29(40)41-30(3,4)5/h8-11,13-14,17,19-20,26H,6-7,15-16H2,1-5H3,(H,32,34)(H,35,40)/t19-,20+,26?. The minimum Gasteiger partial charge on any atom is -0.444 e. The predicted molar refractivity (Wildman–Crippen MR) is 162 cm³/mol. The molecule has 0 radical (unpaired) electrons. The molecule has 6 rings (SSSR count). The van der Waals surface area contributed by atoms with E-state index in [1.165, 1.54) is 0 Å². The summed E-state index contributed by atoms with van der Waals surface area (Å²) in [4.78, 5) is 19.6. The van der Waals surface area contributed by atoms with Crippen molar-refractivity contribution in [3.8, 4) is 28.0 Å². The number of nitriles is 1. The van der Waals surface area contributed by atoms with Gasteiger partial charge in [0, 0.05) is 37.1 Å². The summed E-state index contributed by atoms with van der Waals surface area (Å²) >= 11 is 1.56. The molecule has 2 aliphatic rings. The molecule has 4 aromatic heterocycles. The van der Waals surface area contributed by atoms with Crippen LogP contribution in [0.4, 0.5) is 15.6 Å². The molecule has 0 aromatic carbocycles. The quantitative estimate of drug-likeness (QED) is 0.307. The maximum atomic E-state index is 12.5. The number of piperidine rings is 1. The normalized spacial score (nSPS) is 20.1. The molecule has 12 heteroatoms. The molecule has 5 heterocycles. The third-order valence-electron chi connectivity index (χ3n) is 7.67. The lowest BCUT2D eigenvalue weighted by Gasteiger charge is -2.38. The molecule has 1 saturated carbocycles. The molecule has 11 nitrogen and oxygen atoms in total. The number of ether oxygens (including phenoxy) is 1. The summed E-state index contributed by atoms with van der Waals surface area (Å²) < 4.78 is 7.31. The van der Waals surface area contributed by atoms with Crippen LogP contribution in [-0.4, -0.2) is 61.7 Å². The summed E-state index contributed by atoms with van der Waals surface area (Å²) in [6.45, 7) is 11.5. The van der Waals surface area contributed by atoms with Gasteiger partial charge in [0.2, 0.25) is 5.13 Å². The molecule has 1 aliphatic heterocycles. The van der Waals surface area contributed by atoms with Crippen molar-refractivity contribution in [1.29, 1.82) is 5.26 Å². The Morgan fingerprint density at radius 1 is 1.14 bits per heavy atom. The van der Waals surface area contributed by atoms with Crippen molar-refractivity contribution < 1.29 is 9.53 Å². The number of nitrogens with one attached hydrogen (secondary N) is 2. The molecule has 218 valence electrons. The van der Waals surface area contributed by atoms with Gasteiger partial charge in [-0.1, -0.05) is 11.3 Å². The molecule has 4 aromatic rings. The predicted octanol–water partition coefficient (Wildman–Crippen LogP) is 5.35. The van der Waals surface area contributed by atoms with Gasteiger partial charge < -0.3 is 20.3 Å². The summed E-state index contributed by atoms with van der Waals surface area (Å²) in [6, 6.07) is 10.2. The smallest absolute Gasteiger partial charge is 0.407 e. The van der Waals surface area contributed by atoms with Crippen LogP contribution in [0, 0.1) is 23.2 Å². The number of carbonyl (C=O) groups is 1. The Labute approximate surface area is 248 Å². The first kappa shape index (κ1) is 27.9. The number of alkyl carbamates (subject to hydrolysis) is 1. The number of pyridine rings is 1. The van der Waals surface area contributed by atoms with Crippen LogP contribution < -0.4 is 15.5 Å². The van der Waals surface area contributed by atoms with Gasteiger partial charge in [-0.15, -0.1) is 10.2 Å². The zero-order chi connectivity index (χ0) is 29.6. The minimum atomic E-state index is -0.516. The van der Waals surface area contributed by atoms with Crippen molar-refractivity contribution in [3.63, 3.8) is 0 Å². The van der Waals surface area contributed by atoms with Crippen LogP contribution in [0.15, 0.2) is 36.7 Å².